The molecular weight excluding hydrogens is 180 g/mol. The number of hydrogen-bond acceptors (Lipinski definition) is 3. The van der Waals surface area contributed by atoms with Crippen LogP contribution in [0.25, 0.3) is 0 Å². The van der Waals surface area contributed by atoms with Crippen molar-refractivity contribution in [3.8, 4) is 0 Å². The van der Waals surface area contributed by atoms with Crippen LogP contribution in [-0.4, -0.2) is 24.8 Å². The Hall–Kier alpha value is -0.700. The van der Waals surface area contributed by atoms with E-state index in [0.717, 1.165) is 25.7 Å². The fourth-order valence-electron chi connectivity index (χ4n) is 1.84. The Morgan fingerprint density at radius 1 is 1.36 bits per heavy atom. The van der Waals surface area contributed by atoms with Gasteiger partial charge < -0.3 is 4.74 Å². The molecule has 0 aromatic carbocycles. The summed E-state index contributed by atoms with van der Waals surface area (Å²) in [5.41, 5.74) is 0. The number of carbonyl (C=O) groups is 2. The number of hydrogen-bond donors (Lipinski definition) is 0. The lowest BCUT2D eigenvalue weighted by Gasteiger charge is -2.10. The Morgan fingerprint density at radius 2 is 1.93 bits per heavy atom. The number of methoxy groups -OCH3 is 1. The predicted octanol–water partition coefficient (Wildman–Crippen LogP) is 1.74. The third kappa shape index (κ3) is 2.91. The van der Waals surface area contributed by atoms with Crippen molar-refractivity contribution in [3.63, 3.8) is 0 Å². The summed E-state index contributed by atoms with van der Waals surface area (Å²) in [7, 11) is 1.49. The van der Waals surface area contributed by atoms with E-state index in [1.165, 1.54) is 7.11 Å². The van der Waals surface area contributed by atoms with Gasteiger partial charge in [0.1, 0.15) is 11.9 Å². The fraction of sp³-hybridized carbons (Fsp3) is 0.818. The highest BCUT2D eigenvalue weighted by Gasteiger charge is 2.25. The van der Waals surface area contributed by atoms with Crippen LogP contribution in [0.2, 0.25) is 0 Å². The Kier molecular flexibility index (Phi) is 4.26. The standard InChI is InChI=1S/C11H18O3/c1-8(14-2)10(12)7-11(13)9-5-3-4-6-9/h8-9H,3-7H2,1-2H3. The van der Waals surface area contributed by atoms with Gasteiger partial charge in [0.15, 0.2) is 5.78 Å². The summed E-state index contributed by atoms with van der Waals surface area (Å²) >= 11 is 0. The van der Waals surface area contributed by atoms with Gasteiger partial charge in [-0.15, -0.1) is 0 Å². The monoisotopic (exact) mass is 198 g/mol. The molecule has 1 atom stereocenters. The van der Waals surface area contributed by atoms with Gasteiger partial charge in [-0.25, -0.2) is 0 Å². The molecule has 0 aromatic heterocycles. The second-order valence-corrected chi connectivity index (χ2v) is 3.97. The fourth-order valence-corrected chi connectivity index (χ4v) is 1.84. The third-order valence-corrected chi connectivity index (χ3v) is 2.97. The molecule has 14 heavy (non-hydrogen) atoms. The lowest BCUT2D eigenvalue weighted by Crippen LogP contribution is -2.24. The van der Waals surface area contributed by atoms with Crippen molar-refractivity contribution >= 4 is 11.6 Å². The summed E-state index contributed by atoms with van der Waals surface area (Å²) in [5.74, 6) is 0.156. The maximum absolute atomic E-state index is 11.6. The van der Waals surface area contributed by atoms with Gasteiger partial charge in [-0.3, -0.25) is 9.59 Å². The molecule has 1 rings (SSSR count). The quantitative estimate of drug-likeness (QED) is 0.632. The summed E-state index contributed by atoms with van der Waals surface area (Å²) in [6, 6.07) is 0. The van der Waals surface area contributed by atoms with Crippen LogP contribution in [0.3, 0.4) is 0 Å². The zero-order chi connectivity index (χ0) is 10.6. The number of Topliss-reactive ketones (excluding diaryl/α,β-unsaturated/α-hetero) is 2. The highest BCUT2D eigenvalue weighted by Crippen LogP contribution is 2.26. The molecule has 0 aliphatic heterocycles. The van der Waals surface area contributed by atoms with Crippen molar-refractivity contribution in [2.75, 3.05) is 7.11 Å². The number of ether oxygens (including phenoxy) is 1. The maximum Gasteiger partial charge on any atom is 0.168 e. The van der Waals surface area contributed by atoms with Crippen molar-refractivity contribution in [3.05, 3.63) is 0 Å². The molecule has 0 heterocycles. The minimum Gasteiger partial charge on any atom is -0.374 e. The van der Waals surface area contributed by atoms with Crippen molar-refractivity contribution < 1.29 is 14.3 Å². The Balaban J connectivity index is 2.35. The zero-order valence-corrected chi connectivity index (χ0v) is 8.91. The van der Waals surface area contributed by atoms with E-state index in [0.29, 0.717) is 0 Å². The van der Waals surface area contributed by atoms with E-state index < -0.39 is 6.10 Å². The van der Waals surface area contributed by atoms with Gasteiger partial charge in [-0.1, -0.05) is 12.8 Å². The predicted molar refractivity (Wildman–Crippen MR) is 53.1 cm³/mol. The van der Waals surface area contributed by atoms with E-state index >= 15 is 0 Å². The van der Waals surface area contributed by atoms with Crippen molar-refractivity contribution in [2.45, 2.75) is 45.1 Å². The smallest absolute Gasteiger partial charge is 0.168 e. The average Bonchev–Trinajstić information content (AvgIpc) is 2.69. The second kappa shape index (κ2) is 5.25. The van der Waals surface area contributed by atoms with E-state index in [1.54, 1.807) is 6.92 Å². The molecule has 0 N–H and O–H groups in total. The van der Waals surface area contributed by atoms with Gasteiger partial charge in [0.25, 0.3) is 0 Å². The SMILES string of the molecule is COC(C)C(=O)CC(=O)C1CCCC1. The van der Waals surface area contributed by atoms with Gasteiger partial charge in [0.05, 0.1) is 6.42 Å². The van der Waals surface area contributed by atoms with Crippen LogP contribution in [0.1, 0.15) is 39.0 Å². The van der Waals surface area contributed by atoms with Gasteiger partial charge in [-0.2, -0.15) is 0 Å². The molecule has 0 amide bonds. The summed E-state index contributed by atoms with van der Waals surface area (Å²) in [6.07, 6.45) is 3.80. The molecule has 1 aliphatic carbocycles. The molecule has 1 fully saturated rings. The first kappa shape index (κ1) is 11.4. The highest BCUT2D eigenvalue weighted by molar-refractivity contribution is 6.01. The van der Waals surface area contributed by atoms with Gasteiger partial charge in [-0.05, 0) is 19.8 Å². The van der Waals surface area contributed by atoms with E-state index in [1.807, 2.05) is 0 Å². The van der Waals surface area contributed by atoms with Crippen LogP contribution < -0.4 is 0 Å². The molecule has 3 heteroatoms. The molecule has 1 unspecified atom stereocenters. The first-order chi connectivity index (χ1) is 6.65. The number of ketones is 2. The highest BCUT2D eigenvalue weighted by atomic mass is 16.5. The molecule has 0 bridgehead atoms. The van der Waals surface area contributed by atoms with Crippen LogP contribution in [0.15, 0.2) is 0 Å². The summed E-state index contributed by atoms with van der Waals surface area (Å²) in [5, 5.41) is 0. The Labute approximate surface area is 84.8 Å². The molecule has 1 aliphatic rings. The largest absolute Gasteiger partial charge is 0.374 e. The lowest BCUT2D eigenvalue weighted by atomic mass is 9.97. The molecule has 1 saturated carbocycles. The topological polar surface area (TPSA) is 43.4 Å². The van der Waals surface area contributed by atoms with Crippen LogP contribution in [0.5, 0.6) is 0 Å². The normalized spacial score (nSPS) is 19.6. The van der Waals surface area contributed by atoms with Crippen LogP contribution in [0.4, 0.5) is 0 Å². The Morgan fingerprint density at radius 3 is 2.43 bits per heavy atom. The summed E-state index contributed by atoms with van der Waals surface area (Å²) < 4.78 is 4.87. The number of rotatable bonds is 5. The second-order valence-electron chi connectivity index (χ2n) is 3.97. The van der Waals surface area contributed by atoms with Gasteiger partial charge >= 0.3 is 0 Å². The van der Waals surface area contributed by atoms with Crippen LogP contribution in [0, 0.1) is 5.92 Å². The van der Waals surface area contributed by atoms with E-state index in [4.69, 9.17) is 4.74 Å². The Bertz CT molecular complexity index is 217. The van der Waals surface area contributed by atoms with E-state index in [2.05, 4.69) is 0 Å². The molecule has 3 nitrogen and oxygen atoms in total. The number of carbonyl (C=O) groups excluding carboxylic acids is 2. The first-order valence-electron chi connectivity index (χ1n) is 5.23. The third-order valence-electron chi connectivity index (χ3n) is 2.97. The summed E-state index contributed by atoms with van der Waals surface area (Å²) in [4.78, 5) is 23.0. The molecule has 0 spiro atoms. The lowest BCUT2D eigenvalue weighted by molar-refractivity contribution is -0.134. The van der Waals surface area contributed by atoms with Crippen molar-refractivity contribution in [2.24, 2.45) is 5.92 Å². The molecule has 0 aromatic rings. The minimum absolute atomic E-state index is 0.0552. The average molecular weight is 198 g/mol. The molecule has 80 valence electrons. The van der Waals surface area contributed by atoms with E-state index in [9.17, 15) is 9.59 Å². The van der Waals surface area contributed by atoms with E-state index in [-0.39, 0.29) is 23.9 Å². The van der Waals surface area contributed by atoms with Gasteiger partial charge in [0, 0.05) is 13.0 Å². The van der Waals surface area contributed by atoms with Crippen LogP contribution >= 0.6 is 0 Å². The van der Waals surface area contributed by atoms with Crippen LogP contribution in [-0.2, 0) is 14.3 Å². The summed E-state index contributed by atoms with van der Waals surface area (Å²) in [6.45, 7) is 1.68. The van der Waals surface area contributed by atoms with Crippen molar-refractivity contribution in [1.82, 2.24) is 0 Å². The van der Waals surface area contributed by atoms with Gasteiger partial charge in [0.2, 0.25) is 0 Å². The first-order valence-corrected chi connectivity index (χ1v) is 5.23. The molecule has 0 saturated heterocycles. The van der Waals surface area contributed by atoms with Crippen molar-refractivity contribution in [1.29, 1.82) is 0 Å². The molecular formula is C11H18O3. The maximum atomic E-state index is 11.6. The minimum atomic E-state index is -0.444. The molecule has 0 radical (unpaired) electrons. The zero-order valence-electron chi connectivity index (χ0n) is 8.91.